The van der Waals surface area contributed by atoms with Crippen molar-refractivity contribution in [1.29, 1.82) is 0 Å². The first-order valence-electron chi connectivity index (χ1n) is 6.55. The van der Waals surface area contributed by atoms with Gasteiger partial charge in [0.25, 0.3) is 0 Å². The maximum Gasteiger partial charge on any atom is 0.220 e. The number of carboxylic acid groups (broad SMARTS) is 1. The molecule has 0 saturated heterocycles. The van der Waals surface area contributed by atoms with Crippen molar-refractivity contribution in [2.75, 3.05) is 0 Å². The van der Waals surface area contributed by atoms with Crippen LogP contribution in [0.4, 0.5) is 0 Å². The molecule has 0 aliphatic rings. The molecular formula is C15H15N2O4-. The van der Waals surface area contributed by atoms with Gasteiger partial charge < -0.3 is 19.7 Å². The molecule has 0 bridgehead atoms. The predicted octanol–water partition coefficient (Wildman–Crippen LogP) is 0.796. The van der Waals surface area contributed by atoms with Gasteiger partial charge in [-0.1, -0.05) is 35.5 Å². The normalized spacial score (nSPS) is 10.3. The fourth-order valence-electron chi connectivity index (χ4n) is 1.91. The molecule has 1 aromatic carbocycles. The zero-order valence-corrected chi connectivity index (χ0v) is 11.6. The summed E-state index contributed by atoms with van der Waals surface area (Å²) in [6.07, 6.45) is -0.396. The van der Waals surface area contributed by atoms with Crippen molar-refractivity contribution in [3.8, 4) is 11.3 Å². The van der Waals surface area contributed by atoms with Crippen LogP contribution in [0.5, 0.6) is 0 Å². The Morgan fingerprint density at radius 1 is 1.24 bits per heavy atom. The molecule has 0 aliphatic heterocycles. The van der Waals surface area contributed by atoms with Gasteiger partial charge in [0, 0.05) is 30.1 Å². The fraction of sp³-hybridized carbons (Fsp3) is 0.267. The molecule has 2 rings (SSSR count). The minimum atomic E-state index is -1.24. The highest BCUT2D eigenvalue weighted by Gasteiger charge is 2.15. The van der Waals surface area contributed by atoms with Crippen molar-refractivity contribution in [3.63, 3.8) is 0 Å². The summed E-state index contributed by atoms with van der Waals surface area (Å²) in [5.74, 6) is -0.968. The van der Waals surface area contributed by atoms with E-state index in [9.17, 15) is 14.7 Å². The van der Waals surface area contributed by atoms with Gasteiger partial charge in [-0.05, 0) is 13.3 Å². The van der Waals surface area contributed by atoms with E-state index in [-0.39, 0.29) is 25.3 Å². The van der Waals surface area contributed by atoms with E-state index >= 15 is 0 Å². The quantitative estimate of drug-likeness (QED) is 0.847. The van der Waals surface area contributed by atoms with Crippen LogP contribution in [0.1, 0.15) is 24.2 Å². The van der Waals surface area contributed by atoms with Crippen molar-refractivity contribution in [1.82, 2.24) is 10.5 Å². The molecule has 1 aromatic heterocycles. The second-order valence-corrected chi connectivity index (χ2v) is 4.58. The highest BCUT2D eigenvalue weighted by Crippen LogP contribution is 2.24. The molecule has 1 heterocycles. The van der Waals surface area contributed by atoms with Crippen LogP contribution in [0.25, 0.3) is 11.3 Å². The van der Waals surface area contributed by atoms with E-state index in [1.807, 2.05) is 30.3 Å². The van der Waals surface area contributed by atoms with Crippen LogP contribution >= 0.6 is 0 Å². The van der Waals surface area contributed by atoms with E-state index in [2.05, 4.69) is 10.5 Å². The van der Waals surface area contributed by atoms with Crippen LogP contribution in [0, 0.1) is 6.92 Å². The number of carbonyl (C=O) groups is 2. The van der Waals surface area contributed by atoms with Crippen LogP contribution < -0.4 is 10.4 Å². The third-order valence-corrected chi connectivity index (χ3v) is 3.05. The second-order valence-electron chi connectivity index (χ2n) is 4.58. The molecule has 0 atom stereocenters. The van der Waals surface area contributed by atoms with Crippen LogP contribution in [0.15, 0.2) is 34.9 Å². The van der Waals surface area contributed by atoms with Gasteiger partial charge in [-0.25, -0.2) is 0 Å². The smallest absolute Gasteiger partial charge is 0.220 e. The highest BCUT2D eigenvalue weighted by molar-refractivity contribution is 5.80. The van der Waals surface area contributed by atoms with E-state index in [0.29, 0.717) is 11.5 Å². The van der Waals surface area contributed by atoms with Crippen LogP contribution in [0.3, 0.4) is 0 Å². The summed E-state index contributed by atoms with van der Waals surface area (Å²) in [6.45, 7) is 2.01. The molecule has 2 aromatic rings. The average molecular weight is 287 g/mol. The molecule has 0 unspecified atom stereocenters. The van der Waals surface area contributed by atoms with Gasteiger partial charge in [0.1, 0.15) is 11.5 Å². The van der Waals surface area contributed by atoms with Crippen molar-refractivity contribution in [3.05, 3.63) is 41.7 Å². The molecule has 1 amide bonds. The number of benzene rings is 1. The molecule has 0 radical (unpaired) electrons. The Balaban J connectivity index is 2.05. The monoisotopic (exact) mass is 287 g/mol. The Morgan fingerprint density at radius 2 is 1.95 bits per heavy atom. The van der Waals surface area contributed by atoms with E-state index in [4.69, 9.17) is 4.52 Å². The number of nitrogens with zero attached hydrogens (tertiary/aromatic N) is 1. The summed E-state index contributed by atoms with van der Waals surface area (Å²) in [5, 5.41) is 17.0. The van der Waals surface area contributed by atoms with Gasteiger partial charge in [-0.3, -0.25) is 4.79 Å². The molecule has 0 saturated carbocycles. The zero-order valence-electron chi connectivity index (χ0n) is 11.6. The first kappa shape index (κ1) is 14.8. The summed E-state index contributed by atoms with van der Waals surface area (Å²) in [6, 6.07) is 9.48. The van der Waals surface area contributed by atoms with Crippen LogP contribution in [-0.2, 0) is 16.1 Å². The highest BCUT2D eigenvalue weighted by atomic mass is 16.5. The standard InChI is InChI=1S/C15H16N2O4/c1-10-12(9-16-13(18)7-8-14(19)20)15(17-21-10)11-5-3-2-4-6-11/h2-6H,7-9H2,1H3,(H,16,18)(H,19,20)/p-1. The number of carbonyl (C=O) groups excluding carboxylic acids is 2. The summed E-state index contributed by atoms with van der Waals surface area (Å²) in [7, 11) is 0. The molecule has 1 N–H and O–H groups in total. The summed E-state index contributed by atoms with van der Waals surface area (Å²) < 4.78 is 5.18. The van der Waals surface area contributed by atoms with Crippen LogP contribution in [0.2, 0.25) is 0 Å². The Morgan fingerprint density at radius 3 is 2.62 bits per heavy atom. The number of rotatable bonds is 6. The number of hydrogen-bond donors (Lipinski definition) is 1. The summed E-state index contributed by atoms with van der Waals surface area (Å²) in [4.78, 5) is 21.9. The minimum Gasteiger partial charge on any atom is -0.550 e. The number of aromatic nitrogens is 1. The fourth-order valence-corrected chi connectivity index (χ4v) is 1.91. The third kappa shape index (κ3) is 3.92. The topological polar surface area (TPSA) is 95.3 Å². The number of hydrogen-bond acceptors (Lipinski definition) is 5. The number of amides is 1. The van der Waals surface area contributed by atoms with E-state index < -0.39 is 5.97 Å². The molecule has 6 nitrogen and oxygen atoms in total. The Labute approximate surface area is 121 Å². The van der Waals surface area contributed by atoms with Crippen molar-refractivity contribution in [2.24, 2.45) is 0 Å². The lowest BCUT2D eigenvalue weighted by molar-refractivity contribution is -0.305. The Hall–Kier alpha value is -2.63. The van der Waals surface area contributed by atoms with Gasteiger partial charge in [-0.2, -0.15) is 0 Å². The zero-order chi connectivity index (χ0) is 15.2. The number of nitrogens with one attached hydrogen (secondary N) is 1. The molecule has 0 fully saturated rings. The SMILES string of the molecule is Cc1onc(-c2ccccc2)c1CNC(=O)CCC(=O)[O-]. The number of carboxylic acids is 1. The van der Waals surface area contributed by atoms with E-state index in [1.165, 1.54) is 0 Å². The van der Waals surface area contributed by atoms with Crippen molar-refractivity contribution in [2.45, 2.75) is 26.3 Å². The van der Waals surface area contributed by atoms with Crippen molar-refractivity contribution < 1.29 is 19.2 Å². The van der Waals surface area contributed by atoms with Gasteiger partial charge in [-0.15, -0.1) is 0 Å². The lowest BCUT2D eigenvalue weighted by Gasteiger charge is -2.06. The Kier molecular flexibility index (Phi) is 4.71. The van der Waals surface area contributed by atoms with E-state index in [1.54, 1.807) is 6.92 Å². The minimum absolute atomic E-state index is 0.104. The molecule has 21 heavy (non-hydrogen) atoms. The summed E-state index contributed by atoms with van der Waals surface area (Å²) in [5.41, 5.74) is 2.35. The Bertz CT molecular complexity index is 634. The first-order valence-corrected chi connectivity index (χ1v) is 6.55. The van der Waals surface area contributed by atoms with Gasteiger partial charge in [0.05, 0.1) is 0 Å². The third-order valence-electron chi connectivity index (χ3n) is 3.05. The van der Waals surface area contributed by atoms with Gasteiger partial charge >= 0.3 is 0 Å². The predicted molar refractivity (Wildman–Crippen MR) is 72.8 cm³/mol. The second kappa shape index (κ2) is 6.69. The first-order chi connectivity index (χ1) is 10.1. The molecule has 110 valence electrons. The molecular weight excluding hydrogens is 272 g/mol. The molecule has 6 heteroatoms. The van der Waals surface area contributed by atoms with Gasteiger partial charge in [0.2, 0.25) is 5.91 Å². The largest absolute Gasteiger partial charge is 0.550 e. The van der Waals surface area contributed by atoms with Gasteiger partial charge in [0.15, 0.2) is 0 Å². The maximum atomic E-state index is 11.5. The van der Waals surface area contributed by atoms with Crippen LogP contribution in [-0.4, -0.2) is 17.0 Å². The lowest BCUT2D eigenvalue weighted by Crippen LogP contribution is -2.27. The number of aryl methyl sites for hydroxylation is 1. The molecule has 0 spiro atoms. The van der Waals surface area contributed by atoms with Crippen molar-refractivity contribution >= 4 is 11.9 Å². The number of aliphatic carboxylic acids is 1. The van der Waals surface area contributed by atoms with E-state index in [0.717, 1.165) is 11.1 Å². The average Bonchev–Trinajstić information content (AvgIpc) is 2.85. The summed E-state index contributed by atoms with van der Waals surface area (Å²) >= 11 is 0. The lowest BCUT2D eigenvalue weighted by atomic mass is 10.1. The maximum absolute atomic E-state index is 11.5. The molecule has 0 aliphatic carbocycles.